The van der Waals surface area contributed by atoms with Crippen LogP contribution in [-0.2, 0) is 4.74 Å². The monoisotopic (exact) mass is 252 g/mol. The summed E-state index contributed by atoms with van der Waals surface area (Å²) in [5.74, 6) is 0.222. The molecule has 2 N–H and O–H groups in total. The van der Waals surface area contributed by atoms with Crippen LogP contribution in [-0.4, -0.2) is 32.4 Å². The third-order valence-electron chi connectivity index (χ3n) is 3.68. The van der Waals surface area contributed by atoms with E-state index in [0.29, 0.717) is 17.1 Å². The van der Waals surface area contributed by atoms with Crippen molar-refractivity contribution in [3.63, 3.8) is 0 Å². The van der Waals surface area contributed by atoms with E-state index in [0.717, 1.165) is 25.9 Å². The van der Waals surface area contributed by atoms with Gasteiger partial charge in [0.1, 0.15) is 11.6 Å². The molecule has 0 saturated carbocycles. The fraction of sp³-hybridized carbons (Fsp3) is 0.538. The average Bonchev–Trinajstić information content (AvgIpc) is 2.68. The molecule has 2 atom stereocenters. The molecule has 0 radical (unpaired) electrons. The zero-order valence-corrected chi connectivity index (χ0v) is 10.4. The van der Waals surface area contributed by atoms with Crippen molar-refractivity contribution in [2.24, 2.45) is 0 Å². The van der Waals surface area contributed by atoms with Gasteiger partial charge in [-0.05, 0) is 12.8 Å². The van der Waals surface area contributed by atoms with Gasteiger partial charge in [0.05, 0.1) is 30.7 Å². The smallest absolute Gasteiger partial charge is 0.148 e. The largest absolute Gasteiger partial charge is 0.495 e. The van der Waals surface area contributed by atoms with E-state index in [1.165, 1.54) is 13.2 Å². The lowest BCUT2D eigenvalue weighted by atomic mass is 10.2. The van der Waals surface area contributed by atoms with Crippen LogP contribution >= 0.6 is 0 Å². The van der Waals surface area contributed by atoms with Crippen molar-refractivity contribution in [2.75, 3.05) is 30.8 Å². The van der Waals surface area contributed by atoms with E-state index < -0.39 is 0 Å². The van der Waals surface area contributed by atoms with Gasteiger partial charge < -0.3 is 20.1 Å². The number of fused-ring (bicyclic) bond motifs is 2. The minimum absolute atomic E-state index is 0.228. The van der Waals surface area contributed by atoms with E-state index in [1.807, 2.05) is 4.90 Å². The Hall–Kier alpha value is -1.49. The van der Waals surface area contributed by atoms with E-state index in [9.17, 15) is 4.39 Å². The quantitative estimate of drug-likeness (QED) is 0.815. The molecule has 0 aliphatic carbocycles. The molecule has 3 rings (SSSR count). The number of halogens is 1. The molecule has 0 aromatic heterocycles. The van der Waals surface area contributed by atoms with Gasteiger partial charge in [0.15, 0.2) is 0 Å². The minimum Gasteiger partial charge on any atom is -0.495 e. The van der Waals surface area contributed by atoms with Gasteiger partial charge >= 0.3 is 0 Å². The van der Waals surface area contributed by atoms with Crippen LogP contribution in [0.1, 0.15) is 12.8 Å². The molecule has 4 nitrogen and oxygen atoms in total. The number of anilines is 2. The highest BCUT2D eigenvalue weighted by atomic mass is 19.1. The molecule has 0 amide bonds. The van der Waals surface area contributed by atoms with Crippen LogP contribution in [0.4, 0.5) is 15.8 Å². The molecule has 2 heterocycles. The summed E-state index contributed by atoms with van der Waals surface area (Å²) >= 11 is 0. The van der Waals surface area contributed by atoms with Crippen LogP contribution in [0.2, 0.25) is 0 Å². The molecule has 1 aromatic carbocycles. The third-order valence-corrected chi connectivity index (χ3v) is 3.68. The van der Waals surface area contributed by atoms with Crippen LogP contribution < -0.4 is 15.4 Å². The SMILES string of the molecule is COc1cc(N2CC3CCC(C2)O3)c(F)cc1N. The van der Waals surface area contributed by atoms with Crippen molar-refractivity contribution in [1.82, 2.24) is 0 Å². The van der Waals surface area contributed by atoms with Gasteiger partial charge in [0, 0.05) is 25.2 Å². The molecule has 18 heavy (non-hydrogen) atoms. The number of morpholine rings is 1. The molecule has 2 bridgehead atoms. The van der Waals surface area contributed by atoms with Crippen LogP contribution in [0.15, 0.2) is 12.1 Å². The molecule has 2 fully saturated rings. The summed E-state index contributed by atoms with van der Waals surface area (Å²) in [6, 6.07) is 3.00. The highest BCUT2D eigenvalue weighted by Crippen LogP contribution is 2.35. The lowest BCUT2D eigenvalue weighted by molar-refractivity contribution is 0.0303. The number of nitrogens with zero attached hydrogens (tertiary/aromatic N) is 1. The lowest BCUT2D eigenvalue weighted by Crippen LogP contribution is -2.43. The van der Waals surface area contributed by atoms with Crippen molar-refractivity contribution < 1.29 is 13.9 Å². The van der Waals surface area contributed by atoms with E-state index >= 15 is 0 Å². The Morgan fingerprint density at radius 1 is 1.33 bits per heavy atom. The number of methoxy groups -OCH3 is 1. The van der Waals surface area contributed by atoms with Gasteiger partial charge in [-0.25, -0.2) is 4.39 Å². The average molecular weight is 252 g/mol. The molecule has 2 saturated heterocycles. The van der Waals surface area contributed by atoms with Gasteiger partial charge in [-0.1, -0.05) is 0 Å². The van der Waals surface area contributed by atoms with E-state index in [2.05, 4.69) is 0 Å². The highest BCUT2D eigenvalue weighted by molar-refractivity contribution is 5.63. The summed E-state index contributed by atoms with van der Waals surface area (Å²) in [4.78, 5) is 2.03. The molecule has 98 valence electrons. The summed E-state index contributed by atoms with van der Waals surface area (Å²) in [6.45, 7) is 1.47. The van der Waals surface area contributed by atoms with Crippen LogP contribution in [0.3, 0.4) is 0 Å². The fourth-order valence-electron chi connectivity index (χ4n) is 2.79. The van der Waals surface area contributed by atoms with Crippen molar-refractivity contribution in [2.45, 2.75) is 25.0 Å². The van der Waals surface area contributed by atoms with Gasteiger partial charge in [-0.2, -0.15) is 0 Å². The zero-order chi connectivity index (χ0) is 12.7. The lowest BCUT2D eigenvalue weighted by Gasteiger charge is -2.34. The number of benzene rings is 1. The normalized spacial score (nSPS) is 26.4. The Morgan fingerprint density at radius 3 is 2.61 bits per heavy atom. The Balaban J connectivity index is 1.91. The van der Waals surface area contributed by atoms with Crippen molar-refractivity contribution in [3.8, 4) is 5.75 Å². The Morgan fingerprint density at radius 2 is 2.00 bits per heavy atom. The maximum absolute atomic E-state index is 14.0. The first-order chi connectivity index (χ1) is 8.67. The van der Waals surface area contributed by atoms with E-state index in [-0.39, 0.29) is 18.0 Å². The summed E-state index contributed by atoms with van der Waals surface area (Å²) in [5, 5.41) is 0. The maximum Gasteiger partial charge on any atom is 0.148 e. The first-order valence-electron chi connectivity index (χ1n) is 6.21. The van der Waals surface area contributed by atoms with Crippen molar-refractivity contribution >= 4 is 11.4 Å². The molecule has 2 unspecified atom stereocenters. The van der Waals surface area contributed by atoms with Gasteiger partial charge in [0.25, 0.3) is 0 Å². The molecule has 1 aromatic rings. The summed E-state index contributed by atoms with van der Waals surface area (Å²) in [5.41, 5.74) is 6.57. The third kappa shape index (κ3) is 1.88. The van der Waals surface area contributed by atoms with Gasteiger partial charge in [-0.3, -0.25) is 0 Å². The molecule has 2 aliphatic heterocycles. The zero-order valence-electron chi connectivity index (χ0n) is 10.4. The molecule has 2 aliphatic rings. The Kier molecular flexibility index (Phi) is 2.78. The van der Waals surface area contributed by atoms with E-state index in [4.69, 9.17) is 15.2 Å². The summed E-state index contributed by atoms with van der Waals surface area (Å²) in [6.07, 6.45) is 2.59. The predicted octanol–water partition coefficient (Wildman–Crippen LogP) is 1.78. The standard InChI is InChI=1S/C13H17FN2O2/c1-17-13-5-12(10(14)4-11(13)15)16-6-8-2-3-9(7-16)18-8/h4-5,8-9H,2-3,6-7,15H2,1H3. The fourth-order valence-corrected chi connectivity index (χ4v) is 2.79. The first kappa shape index (κ1) is 11.6. The number of hydrogen-bond donors (Lipinski definition) is 1. The van der Waals surface area contributed by atoms with Crippen molar-refractivity contribution in [3.05, 3.63) is 17.9 Å². The molecule has 5 heteroatoms. The van der Waals surface area contributed by atoms with Crippen LogP contribution in [0.25, 0.3) is 0 Å². The second-order valence-electron chi connectivity index (χ2n) is 4.91. The van der Waals surface area contributed by atoms with Crippen LogP contribution in [0, 0.1) is 5.82 Å². The number of nitrogen functional groups attached to an aromatic ring is 1. The second-order valence-corrected chi connectivity index (χ2v) is 4.91. The maximum atomic E-state index is 14.0. The predicted molar refractivity (Wildman–Crippen MR) is 67.5 cm³/mol. The molecular formula is C13H17FN2O2. The van der Waals surface area contributed by atoms with Crippen LogP contribution in [0.5, 0.6) is 5.75 Å². The van der Waals surface area contributed by atoms with Gasteiger partial charge in [0.2, 0.25) is 0 Å². The summed E-state index contributed by atoms with van der Waals surface area (Å²) < 4.78 is 24.9. The van der Waals surface area contributed by atoms with Gasteiger partial charge in [-0.15, -0.1) is 0 Å². The minimum atomic E-state index is -0.297. The number of hydrogen-bond acceptors (Lipinski definition) is 4. The Bertz CT molecular complexity index is 455. The highest BCUT2D eigenvalue weighted by Gasteiger charge is 2.34. The topological polar surface area (TPSA) is 47.7 Å². The summed E-state index contributed by atoms with van der Waals surface area (Å²) in [7, 11) is 1.54. The number of nitrogens with two attached hydrogens (primary N) is 1. The van der Waals surface area contributed by atoms with Crippen molar-refractivity contribution in [1.29, 1.82) is 0 Å². The second kappa shape index (κ2) is 4.31. The number of ether oxygens (including phenoxy) is 2. The Labute approximate surface area is 105 Å². The molecule has 0 spiro atoms. The van der Waals surface area contributed by atoms with E-state index in [1.54, 1.807) is 6.07 Å². The first-order valence-corrected chi connectivity index (χ1v) is 6.21. The number of rotatable bonds is 2. The molecular weight excluding hydrogens is 235 g/mol.